The molecule has 0 aliphatic carbocycles. The van der Waals surface area contributed by atoms with Crippen molar-refractivity contribution in [2.24, 2.45) is 0 Å². The lowest BCUT2D eigenvalue weighted by atomic mass is 10.1. The van der Waals surface area contributed by atoms with E-state index < -0.39 is 0 Å². The quantitative estimate of drug-likeness (QED) is 0.795. The number of rotatable bonds is 5. The Balaban J connectivity index is 1.60. The Morgan fingerprint density at radius 1 is 1.33 bits per heavy atom. The smallest absolute Gasteiger partial charge is 0.409 e. The molecule has 1 aliphatic heterocycles. The summed E-state index contributed by atoms with van der Waals surface area (Å²) in [6, 6.07) is 1.99. The van der Waals surface area contributed by atoms with Crippen molar-refractivity contribution in [3.63, 3.8) is 0 Å². The van der Waals surface area contributed by atoms with Crippen LogP contribution in [0.2, 0.25) is 0 Å². The summed E-state index contributed by atoms with van der Waals surface area (Å²) < 4.78 is 6.65. The molecule has 8 heteroatoms. The van der Waals surface area contributed by atoms with Crippen molar-refractivity contribution >= 4 is 12.1 Å². The lowest BCUT2D eigenvalue weighted by Crippen LogP contribution is -2.49. The number of amides is 3. The van der Waals surface area contributed by atoms with Gasteiger partial charge in [-0.1, -0.05) is 0 Å². The monoisotopic (exact) mass is 337 g/mol. The van der Waals surface area contributed by atoms with Gasteiger partial charge in [-0.2, -0.15) is 5.10 Å². The summed E-state index contributed by atoms with van der Waals surface area (Å²) in [6.07, 6.45) is 2.01. The maximum absolute atomic E-state index is 11.9. The maximum atomic E-state index is 11.9. The van der Waals surface area contributed by atoms with Crippen LogP contribution in [0.25, 0.3) is 0 Å². The van der Waals surface area contributed by atoms with Gasteiger partial charge in [-0.05, 0) is 39.2 Å². The number of nitrogens with zero attached hydrogens (tertiary/aromatic N) is 3. The SMILES string of the molecule is COC(=O)N1CCC(NC(=O)NCCCn2nc(C)cc2C)CC1. The molecule has 2 heterocycles. The Kier molecular flexibility index (Phi) is 6.45. The van der Waals surface area contributed by atoms with Gasteiger partial charge in [-0.15, -0.1) is 0 Å². The molecule has 0 bridgehead atoms. The van der Waals surface area contributed by atoms with Gasteiger partial charge in [0.2, 0.25) is 0 Å². The minimum Gasteiger partial charge on any atom is -0.453 e. The third kappa shape index (κ3) is 5.14. The number of carbonyl (C=O) groups is 2. The highest BCUT2D eigenvalue weighted by molar-refractivity contribution is 5.74. The van der Waals surface area contributed by atoms with Gasteiger partial charge in [-0.25, -0.2) is 9.59 Å². The topological polar surface area (TPSA) is 88.5 Å². The highest BCUT2D eigenvalue weighted by Gasteiger charge is 2.23. The molecule has 24 heavy (non-hydrogen) atoms. The van der Waals surface area contributed by atoms with Gasteiger partial charge in [0.25, 0.3) is 0 Å². The molecule has 134 valence electrons. The normalized spacial score (nSPS) is 15.2. The average molecular weight is 337 g/mol. The Morgan fingerprint density at radius 3 is 2.62 bits per heavy atom. The number of hydrogen-bond acceptors (Lipinski definition) is 4. The zero-order chi connectivity index (χ0) is 17.5. The first-order valence-corrected chi connectivity index (χ1v) is 8.38. The Hall–Kier alpha value is -2.25. The van der Waals surface area contributed by atoms with E-state index in [9.17, 15) is 9.59 Å². The van der Waals surface area contributed by atoms with E-state index in [1.165, 1.54) is 7.11 Å². The molecule has 1 fully saturated rings. The second kappa shape index (κ2) is 8.56. The number of piperidine rings is 1. The first-order valence-electron chi connectivity index (χ1n) is 8.38. The molecule has 0 saturated carbocycles. The standard InChI is InChI=1S/C16H27N5O3/c1-12-11-13(2)21(19-12)8-4-7-17-15(22)18-14-5-9-20(10-6-14)16(23)24-3/h11,14H,4-10H2,1-3H3,(H2,17,18,22). The molecule has 1 aromatic heterocycles. The fourth-order valence-corrected chi connectivity index (χ4v) is 2.90. The molecular weight excluding hydrogens is 310 g/mol. The van der Waals surface area contributed by atoms with Crippen LogP contribution in [-0.2, 0) is 11.3 Å². The van der Waals surface area contributed by atoms with E-state index >= 15 is 0 Å². The van der Waals surface area contributed by atoms with Gasteiger partial charge in [-0.3, -0.25) is 4.68 Å². The Bertz CT molecular complexity index is 564. The molecule has 1 aliphatic rings. The summed E-state index contributed by atoms with van der Waals surface area (Å²) in [5.74, 6) is 0. The van der Waals surface area contributed by atoms with Gasteiger partial charge in [0.1, 0.15) is 0 Å². The zero-order valence-electron chi connectivity index (χ0n) is 14.7. The van der Waals surface area contributed by atoms with Crippen LogP contribution in [-0.4, -0.2) is 59.6 Å². The summed E-state index contributed by atoms with van der Waals surface area (Å²) in [5.41, 5.74) is 2.14. The molecule has 0 aromatic carbocycles. The van der Waals surface area contributed by atoms with Crippen LogP contribution >= 0.6 is 0 Å². The molecule has 1 aromatic rings. The molecule has 0 radical (unpaired) electrons. The van der Waals surface area contributed by atoms with Gasteiger partial charge in [0, 0.05) is 37.9 Å². The van der Waals surface area contributed by atoms with Crippen LogP contribution in [0.5, 0.6) is 0 Å². The highest BCUT2D eigenvalue weighted by Crippen LogP contribution is 2.11. The fraction of sp³-hybridized carbons (Fsp3) is 0.688. The average Bonchev–Trinajstić information content (AvgIpc) is 2.89. The van der Waals surface area contributed by atoms with Crippen molar-refractivity contribution in [3.8, 4) is 0 Å². The van der Waals surface area contributed by atoms with Crippen molar-refractivity contribution in [1.82, 2.24) is 25.3 Å². The summed E-state index contributed by atoms with van der Waals surface area (Å²) in [6.45, 7) is 6.61. The molecule has 2 N–H and O–H groups in total. The van der Waals surface area contributed by atoms with Crippen LogP contribution < -0.4 is 10.6 Å². The van der Waals surface area contributed by atoms with Crippen LogP contribution in [0.15, 0.2) is 6.07 Å². The lowest BCUT2D eigenvalue weighted by molar-refractivity contribution is 0.110. The summed E-state index contributed by atoms with van der Waals surface area (Å²) in [5, 5.41) is 10.2. The number of carbonyl (C=O) groups excluding carboxylic acids is 2. The summed E-state index contributed by atoms with van der Waals surface area (Å²) in [7, 11) is 1.38. The minimum atomic E-state index is -0.304. The van der Waals surface area contributed by atoms with E-state index in [4.69, 9.17) is 4.74 Å². The van der Waals surface area contributed by atoms with E-state index in [0.717, 1.165) is 37.2 Å². The van der Waals surface area contributed by atoms with E-state index in [1.807, 2.05) is 24.6 Å². The predicted molar refractivity (Wildman–Crippen MR) is 89.9 cm³/mol. The zero-order valence-corrected chi connectivity index (χ0v) is 14.7. The molecular formula is C16H27N5O3. The first kappa shape index (κ1) is 18.1. The number of aryl methyl sites for hydroxylation is 3. The van der Waals surface area contributed by atoms with Gasteiger partial charge in [0.05, 0.1) is 12.8 Å². The molecule has 0 atom stereocenters. The van der Waals surface area contributed by atoms with E-state index in [-0.39, 0.29) is 18.2 Å². The van der Waals surface area contributed by atoms with Gasteiger partial charge in [0.15, 0.2) is 0 Å². The fourth-order valence-electron chi connectivity index (χ4n) is 2.90. The minimum absolute atomic E-state index is 0.0990. The Labute approximate surface area is 142 Å². The molecule has 2 rings (SSSR count). The summed E-state index contributed by atoms with van der Waals surface area (Å²) in [4.78, 5) is 25.0. The molecule has 0 unspecified atom stereocenters. The first-order chi connectivity index (χ1) is 11.5. The number of urea groups is 1. The number of aromatic nitrogens is 2. The van der Waals surface area contributed by atoms with Crippen molar-refractivity contribution in [3.05, 3.63) is 17.5 Å². The number of ether oxygens (including phenoxy) is 1. The molecule has 1 saturated heterocycles. The van der Waals surface area contributed by atoms with Crippen molar-refractivity contribution in [2.75, 3.05) is 26.7 Å². The van der Waals surface area contributed by atoms with E-state index in [2.05, 4.69) is 15.7 Å². The highest BCUT2D eigenvalue weighted by atomic mass is 16.5. The van der Waals surface area contributed by atoms with Crippen LogP contribution in [0.4, 0.5) is 9.59 Å². The van der Waals surface area contributed by atoms with Crippen molar-refractivity contribution in [2.45, 2.75) is 45.7 Å². The van der Waals surface area contributed by atoms with Crippen molar-refractivity contribution < 1.29 is 14.3 Å². The van der Waals surface area contributed by atoms with E-state index in [0.29, 0.717) is 19.6 Å². The lowest BCUT2D eigenvalue weighted by Gasteiger charge is -2.31. The second-order valence-electron chi connectivity index (χ2n) is 6.14. The summed E-state index contributed by atoms with van der Waals surface area (Å²) >= 11 is 0. The van der Waals surface area contributed by atoms with Crippen LogP contribution in [0.3, 0.4) is 0 Å². The predicted octanol–water partition coefficient (Wildman–Crippen LogP) is 1.42. The molecule has 3 amide bonds. The van der Waals surface area contributed by atoms with E-state index in [1.54, 1.807) is 4.90 Å². The molecule has 0 spiro atoms. The number of nitrogens with one attached hydrogen (secondary N) is 2. The maximum Gasteiger partial charge on any atom is 0.409 e. The third-order valence-electron chi connectivity index (χ3n) is 4.20. The van der Waals surface area contributed by atoms with Crippen LogP contribution in [0, 0.1) is 13.8 Å². The second-order valence-corrected chi connectivity index (χ2v) is 6.14. The van der Waals surface area contributed by atoms with Crippen molar-refractivity contribution in [1.29, 1.82) is 0 Å². The number of hydrogen-bond donors (Lipinski definition) is 2. The number of likely N-dealkylation sites (tertiary alicyclic amines) is 1. The van der Waals surface area contributed by atoms with Crippen LogP contribution in [0.1, 0.15) is 30.7 Å². The number of methoxy groups -OCH3 is 1. The van der Waals surface area contributed by atoms with Gasteiger partial charge < -0.3 is 20.3 Å². The third-order valence-corrected chi connectivity index (χ3v) is 4.20. The molecule has 8 nitrogen and oxygen atoms in total. The largest absolute Gasteiger partial charge is 0.453 e. The van der Waals surface area contributed by atoms with Gasteiger partial charge >= 0.3 is 12.1 Å². The Morgan fingerprint density at radius 2 is 2.04 bits per heavy atom.